The molecule has 1 fully saturated rings. The van der Waals surface area contributed by atoms with E-state index in [2.05, 4.69) is 16.9 Å². The van der Waals surface area contributed by atoms with E-state index in [0.29, 0.717) is 13.0 Å². The van der Waals surface area contributed by atoms with E-state index in [-0.39, 0.29) is 12.4 Å². The second-order valence-electron chi connectivity index (χ2n) is 3.17. The Morgan fingerprint density at radius 2 is 2.62 bits per heavy atom. The summed E-state index contributed by atoms with van der Waals surface area (Å²) in [5, 5.41) is 0. The molecule has 1 aromatic rings. The average molecular weight is 182 g/mol. The molecule has 2 rings (SSSR count). The quantitative estimate of drug-likeness (QED) is 0.761. The molecule has 0 aliphatic carbocycles. The summed E-state index contributed by atoms with van der Waals surface area (Å²) in [7, 11) is 0. The Morgan fingerprint density at radius 1 is 1.69 bits per heavy atom. The maximum Gasteiger partial charge on any atom is 0.165 e. The molecule has 0 spiro atoms. The first-order valence-corrected chi connectivity index (χ1v) is 4.64. The molecule has 1 aliphatic heterocycles. The van der Waals surface area contributed by atoms with E-state index in [1.54, 1.807) is 6.20 Å². The maximum absolute atomic E-state index is 5.60. The van der Waals surface area contributed by atoms with Crippen molar-refractivity contribution in [1.29, 1.82) is 0 Å². The molecule has 4 nitrogen and oxygen atoms in total. The number of ether oxygens (including phenoxy) is 2. The number of hydrogen-bond donors (Lipinski definition) is 1. The van der Waals surface area contributed by atoms with Crippen LogP contribution in [0, 0.1) is 0 Å². The summed E-state index contributed by atoms with van der Waals surface area (Å²) in [6.07, 6.45) is 5.41. The Balaban J connectivity index is 1.84. The summed E-state index contributed by atoms with van der Waals surface area (Å²) in [4.78, 5) is 7.14. The van der Waals surface area contributed by atoms with E-state index in [0.717, 1.165) is 12.2 Å². The molecule has 1 aromatic heterocycles. The number of rotatable bonds is 3. The van der Waals surface area contributed by atoms with Crippen molar-refractivity contribution in [2.75, 3.05) is 6.61 Å². The third-order valence-electron chi connectivity index (χ3n) is 2.18. The minimum atomic E-state index is -0.115. The molecular formula is C9H14N2O2. The van der Waals surface area contributed by atoms with Gasteiger partial charge in [0.2, 0.25) is 0 Å². The summed E-state index contributed by atoms with van der Waals surface area (Å²) in [6.45, 7) is 2.81. The number of hydrogen-bond acceptors (Lipinski definition) is 3. The first-order chi connectivity index (χ1) is 6.38. The maximum atomic E-state index is 5.60. The SMILES string of the molecule is CCC1COC(Cc2ncc[nH]2)O1. The van der Waals surface area contributed by atoms with Crippen molar-refractivity contribution in [3.63, 3.8) is 0 Å². The molecule has 4 heteroatoms. The third-order valence-corrected chi connectivity index (χ3v) is 2.18. The minimum absolute atomic E-state index is 0.115. The van der Waals surface area contributed by atoms with Crippen molar-refractivity contribution >= 4 is 0 Å². The van der Waals surface area contributed by atoms with Crippen LogP contribution in [0.4, 0.5) is 0 Å². The van der Waals surface area contributed by atoms with Crippen LogP contribution in [0.25, 0.3) is 0 Å². The standard InChI is InChI=1S/C9H14N2O2/c1-2-7-6-12-9(13-7)5-8-10-3-4-11-8/h3-4,7,9H,2,5-6H2,1H3,(H,10,11). The average Bonchev–Trinajstić information content (AvgIpc) is 2.76. The first-order valence-electron chi connectivity index (χ1n) is 4.64. The number of nitrogens with zero attached hydrogens (tertiary/aromatic N) is 1. The van der Waals surface area contributed by atoms with Gasteiger partial charge in [0, 0.05) is 12.4 Å². The molecule has 0 aromatic carbocycles. The van der Waals surface area contributed by atoms with Gasteiger partial charge in [-0.25, -0.2) is 4.98 Å². The molecule has 0 bridgehead atoms. The van der Waals surface area contributed by atoms with Gasteiger partial charge < -0.3 is 14.5 Å². The molecule has 2 unspecified atom stereocenters. The molecule has 13 heavy (non-hydrogen) atoms. The molecule has 0 radical (unpaired) electrons. The monoisotopic (exact) mass is 182 g/mol. The molecule has 72 valence electrons. The highest BCUT2D eigenvalue weighted by atomic mass is 16.7. The summed E-state index contributed by atoms with van der Waals surface area (Å²) >= 11 is 0. The van der Waals surface area contributed by atoms with Gasteiger partial charge in [-0.3, -0.25) is 0 Å². The fourth-order valence-corrected chi connectivity index (χ4v) is 1.40. The first kappa shape index (κ1) is 8.72. The van der Waals surface area contributed by atoms with Crippen LogP contribution in [0.3, 0.4) is 0 Å². The van der Waals surface area contributed by atoms with Gasteiger partial charge in [-0.1, -0.05) is 6.92 Å². The lowest BCUT2D eigenvalue weighted by Crippen LogP contribution is -2.14. The Bertz CT molecular complexity index is 248. The second-order valence-corrected chi connectivity index (χ2v) is 3.17. The third kappa shape index (κ3) is 2.08. The molecule has 0 amide bonds. The minimum Gasteiger partial charge on any atom is -0.349 e. The van der Waals surface area contributed by atoms with Gasteiger partial charge in [-0.05, 0) is 6.42 Å². The lowest BCUT2D eigenvalue weighted by atomic mass is 10.3. The highest BCUT2D eigenvalue weighted by Gasteiger charge is 2.25. The van der Waals surface area contributed by atoms with Crippen molar-refractivity contribution < 1.29 is 9.47 Å². The van der Waals surface area contributed by atoms with Crippen LogP contribution in [0.15, 0.2) is 12.4 Å². The normalized spacial score (nSPS) is 28.1. The molecule has 1 N–H and O–H groups in total. The van der Waals surface area contributed by atoms with Crippen LogP contribution < -0.4 is 0 Å². The predicted molar refractivity (Wildman–Crippen MR) is 47.2 cm³/mol. The number of aromatic amines is 1. The van der Waals surface area contributed by atoms with Gasteiger partial charge in [0.05, 0.1) is 19.1 Å². The Hall–Kier alpha value is -0.870. The Kier molecular flexibility index (Phi) is 2.61. The van der Waals surface area contributed by atoms with Gasteiger partial charge in [-0.15, -0.1) is 0 Å². The van der Waals surface area contributed by atoms with Gasteiger partial charge in [0.25, 0.3) is 0 Å². The van der Waals surface area contributed by atoms with E-state index in [1.807, 2.05) is 6.20 Å². The van der Waals surface area contributed by atoms with Gasteiger partial charge in [-0.2, -0.15) is 0 Å². The van der Waals surface area contributed by atoms with Crippen molar-refractivity contribution in [3.8, 4) is 0 Å². The largest absolute Gasteiger partial charge is 0.349 e. The van der Waals surface area contributed by atoms with Crippen LogP contribution >= 0.6 is 0 Å². The van der Waals surface area contributed by atoms with Crippen molar-refractivity contribution in [3.05, 3.63) is 18.2 Å². The smallest absolute Gasteiger partial charge is 0.165 e. The zero-order chi connectivity index (χ0) is 9.10. The van der Waals surface area contributed by atoms with E-state index in [1.165, 1.54) is 0 Å². The summed E-state index contributed by atoms with van der Waals surface area (Å²) in [6, 6.07) is 0. The van der Waals surface area contributed by atoms with Crippen molar-refractivity contribution in [2.24, 2.45) is 0 Å². The lowest BCUT2D eigenvalue weighted by Gasteiger charge is -2.08. The molecule has 2 atom stereocenters. The highest BCUT2D eigenvalue weighted by molar-refractivity contribution is 4.88. The lowest BCUT2D eigenvalue weighted by molar-refractivity contribution is -0.0571. The fourth-order valence-electron chi connectivity index (χ4n) is 1.40. The van der Waals surface area contributed by atoms with Crippen LogP contribution in [-0.2, 0) is 15.9 Å². The van der Waals surface area contributed by atoms with Crippen LogP contribution in [0.2, 0.25) is 0 Å². The molecule has 1 saturated heterocycles. The van der Waals surface area contributed by atoms with Crippen LogP contribution in [-0.4, -0.2) is 29.0 Å². The Morgan fingerprint density at radius 3 is 3.23 bits per heavy atom. The number of H-pyrrole nitrogens is 1. The summed E-state index contributed by atoms with van der Waals surface area (Å²) < 4.78 is 11.0. The number of imidazole rings is 1. The van der Waals surface area contributed by atoms with E-state index in [9.17, 15) is 0 Å². The van der Waals surface area contributed by atoms with Gasteiger partial charge in [0.15, 0.2) is 6.29 Å². The van der Waals surface area contributed by atoms with Crippen LogP contribution in [0.5, 0.6) is 0 Å². The van der Waals surface area contributed by atoms with E-state index >= 15 is 0 Å². The highest BCUT2D eigenvalue weighted by Crippen LogP contribution is 2.16. The van der Waals surface area contributed by atoms with Gasteiger partial charge in [0.1, 0.15) is 5.82 Å². The number of aromatic nitrogens is 2. The summed E-state index contributed by atoms with van der Waals surface area (Å²) in [5.74, 6) is 0.918. The Labute approximate surface area is 77.3 Å². The molecule has 2 heterocycles. The van der Waals surface area contributed by atoms with Gasteiger partial charge >= 0.3 is 0 Å². The molecule has 1 aliphatic rings. The summed E-state index contributed by atoms with van der Waals surface area (Å²) in [5.41, 5.74) is 0. The van der Waals surface area contributed by atoms with Crippen LogP contribution in [0.1, 0.15) is 19.2 Å². The molecule has 0 saturated carbocycles. The van der Waals surface area contributed by atoms with E-state index in [4.69, 9.17) is 9.47 Å². The van der Waals surface area contributed by atoms with Crippen molar-refractivity contribution in [1.82, 2.24) is 9.97 Å². The second kappa shape index (κ2) is 3.89. The van der Waals surface area contributed by atoms with Crippen molar-refractivity contribution in [2.45, 2.75) is 32.2 Å². The predicted octanol–water partition coefficient (Wildman–Crippen LogP) is 1.10. The van der Waals surface area contributed by atoms with E-state index < -0.39 is 0 Å². The fraction of sp³-hybridized carbons (Fsp3) is 0.667. The number of nitrogens with one attached hydrogen (secondary N) is 1. The zero-order valence-corrected chi connectivity index (χ0v) is 7.69. The molecular weight excluding hydrogens is 168 g/mol. The topological polar surface area (TPSA) is 47.1 Å². The zero-order valence-electron chi connectivity index (χ0n) is 7.69.